The number of anilines is 1. The Bertz CT molecular complexity index is 1160. The topological polar surface area (TPSA) is 58.8 Å². The summed E-state index contributed by atoms with van der Waals surface area (Å²) >= 11 is 13.0. The first-order chi connectivity index (χ1) is 17.0. The lowest BCUT2D eigenvalue weighted by Crippen LogP contribution is -2.47. The van der Waals surface area contributed by atoms with E-state index in [1.54, 1.807) is 0 Å². The van der Waals surface area contributed by atoms with Crippen molar-refractivity contribution in [3.05, 3.63) is 69.4 Å². The molecule has 2 aromatic carbocycles. The third-order valence-electron chi connectivity index (χ3n) is 6.89. The van der Waals surface area contributed by atoms with Crippen LogP contribution >= 0.6 is 23.2 Å². The summed E-state index contributed by atoms with van der Waals surface area (Å²) < 4.78 is 10.6. The van der Waals surface area contributed by atoms with Crippen LogP contribution in [0.2, 0.25) is 10.0 Å². The Hall–Kier alpha value is -2.54. The highest BCUT2D eigenvalue weighted by atomic mass is 35.5. The third kappa shape index (κ3) is 5.50. The number of rotatable bonds is 8. The Labute approximate surface area is 215 Å². The van der Waals surface area contributed by atoms with Gasteiger partial charge in [-0.25, -0.2) is 0 Å². The molecule has 8 heteroatoms. The number of aromatic nitrogens is 1. The fourth-order valence-corrected chi connectivity index (χ4v) is 5.29. The average molecular weight is 514 g/mol. The molecule has 0 N–H and O–H groups in total. The van der Waals surface area contributed by atoms with Gasteiger partial charge in [-0.3, -0.25) is 9.69 Å². The number of benzene rings is 2. The van der Waals surface area contributed by atoms with Gasteiger partial charge in [0.15, 0.2) is 0 Å². The van der Waals surface area contributed by atoms with Crippen molar-refractivity contribution in [3.63, 3.8) is 0 Å². The second-order valence-electron chi connectivity index (χ2n) is 9.24. The summed E-state index contributed by atoms with van der Waals surface area (Å²) in [4.78, 5) is 16.4. The van der Waals surface area contributed by atoms with E-state index in [1.165, 1.54) is 12.8 Å². The number of carbonyl (C=O) groups excluding carboxylic acids is 1. The fourth-order valence-electron chi connectivity index (χ4n) is 4.71. The first-order valence-corrected chi connectivity index (χ1v) is 12.8. The molecule has 1 aliphatic heterocycles. The van der Waals surface area contributed by atoms with E-state index < -0.39 is 0 Å². The van der Waals surface area contributed by atoms with E-state index in [0.717, 1.165) is 80.1 Å². The van der Waals surface area contributed by atoms with E-state index in [4.69, 9.17) is 32.5 Å². The standard InChI is InChI=1S/C27H29Cl2N3O3/c1-34-24(33)17-18-5-9-20(10-6-18)32-15-13-31(14-16-32)12-11-21-26(30-35-27(21)19-7-8-19)25-22(28)3-2-4-23(25)29/h2-6,9-10,19H,7-8,11-17H2,1H3. The highest BCUT2D eigenvalue weighted by Gasteiger charge is 2.33. The highest BCUT2D eigenvalue weighted by molar-refractivity contribution is 6.39. The average Bonchev–Trinajstić information content (AvgIpc) is 3.63. The van der Waals surface area contributed by atoms with Crippen molar-refractivity contribution in [2.45, 2.75) is 31.6 Å². The van der Waals surface area contributed by atoms with Gasteiger partial charge in [0.05, 0.1) is 23.6 Å². The molecule has 1 aliphatic carbocycles. The molecule has 35 heavy (non-hydrogen) atoms. The minimum absolute atomic E-state index is 0.219. The Morgan fingerprint density at radius 3 is 2.37 bits per heavy atom. The molecule has 5 rings (SSSR count). The Morgan fingerprint density at radius 2 is 1.74 bits per heavy atom. The van der Waals surface area contributed by atoms with Crippen LogP contribution in [0.1, 0.15) is 35.6 Å². The maximum Gasteiger partial charge on any atom is 0.309 e. The second kappa shape index (κ2) is 10.6. The summed E-state index contributed by atoms with van der Waals surface area (Å²) in [5.41, 5.74) is 4.85. The van der Waals surface area contributed by atoms with E-state index in [-0.39, 0.29) is 5.97 Å². The van der Waals surface area contributed by atoms with E-state index in [9.17, 15) is 4.79 Å². The largest absolute Gasteiger partial charge is 0.469 e. The number of piperazine rings is 1. The molecule has 6 nitrogen and oxygen atoms in total. The van der Waals surface area contributed by atoms with Crippen LogP contribution in [0.15, 0.2) is 47.0 Å². The number of methoxy groups -OCH3 is 1. The number of hydrogen-bond acceptors (Lipinski definition) is 6. The van der Waals surface area contributed by atoms with Crippen molar-refractivity contribution in [3.8, 4) is 11.3 Å². The molecule has 2 fully saturated rings. The van der Waals surface area contributed by atoms with Crippen molar-refractivity contribution in [2.75, 3.05) is 44.7 Å². The number of ether oxygens (including phenoxy) is 1. The summed E-state index contributed by atoms with van der Waals surface area (Å²) in [6.07, 6.45) is 3.45. The van der Waals surface area contributed by atoms with Crippen molar-refractivity contribution in [1.29, 1.82) is 0 Å². The molecule has 0 unspecified atom stereocenters. The molecular formula is C27H29Cl2N3O3. The minimum atomic E-state index is -0.219. The molecule has 0 spiro atoms. The summed E-state index contributed by atoms with van der Waals surface area (Å²) in [7, 11) is 1.42. The molecule has 184 valence electrons. The van der Waals surface area contributed by atoms with Crippen LogP contribution in [0.3, 0.4) is 0 Å². The number of esters is 1. The zero-order chi connectivity index (χ0) is 24.4. The Morgan fingerprint density at radius 1 is 1.06 bits per heavy atom. The monoisotopic (exact) mass is 513 g/mol. The predicted molar refractivity (Wildman–Crippen MR) is 138 cm³/mol. The summed E-state index contributed by atoms with van der Waals surface area (Å²) in [5, 5.41) is 5.61. The number of hydrogen-bond donors (Lipinski definition) is 0. The lowest BCUT2D eigenvalue weighted by Gasteiger charge is -2.36. The van der Waals surface area contributed by atoms with Gasteiger partial charge >= 0.3 is 5.97 Å². The summed E-state index contributed by atoms with van der Waals surface area (Å²) in [6.45, 7) is 4.81. The van der Waals surface area contributed by atoms with E-state index >= 15 is 0 Å². The first-order valence-electron chi connectivity index (χ1n) is 12.1. The maximum absolute atomic E-state index is 11.5. The summed E-state index contributed by atoms with van der Waals surface area (Å²) in [6, 6.07) is 13.7. The first kappa shape index (κ1) is 24.2. The molecular weight excluding hydrogens is 485 g/mol. The van der Waals surface area contributed by atoms with Crippen molar-refractivity contribution >= 4 is 34.9 Å². The fraction of sp³-hybridized carbons (Fsp3) is 0.407. The molecule has 1 aromatic heterocycles. The second-order valence-corrected chi connectivity index (χ2v) is 10.1. The van der Waals surface area contributed by atoms with E-state index in [1.807, 2.05) is 30.3 Å². The van der Waals surface area contributed by atoms with Gasteiger partial charge < -0.3 is 14.2 Å². The molecule has 0 atom stereocenters. The van der Waals surface area contributed by atoms with Gasteiger partial charge in [0.25, 0.3) is 0 Å². The smallest absolute Gasteiger partial charge is 0.309 e. The van der Waals surface area contributed by atoms with E-state index in [2.05, 4.69) is 27.1 Å². The van der Waals surface area contributed by atoms with Gasteiger partial charge in [0.1, 0.15) is 11.5 Å². The molecule has 1 saturated carbocycles. The third-order valence-corrected chi connectivity index (χ3v) is 7.52. The van der Waals surface area contributed by atoms with Crippen LogP contribution in [0.4, 0.5) is 5.69 Å². The predicted octanol–water partition coefficient (Wildman–Crippen LogP) is 5.61. The Kier molecular flexibility index (Phi) is 7.32. The number of halogens is 2. The van der Waals surface area contributed by atoms with Gasteiger partial charge in [-0.1, -0.05) is 46.6 Å². The molecule has 3 aromatic rings. The molecule has 0 radical (unpaired) electrons. The molecule has 1 saturated heterocycles. The molecule has 0 bridgehead atoms. The molecule has 2 aliphatic rings. The SMILES string of the molecule is COC(=O)Cc1ccc(N2CCN(CCc3c(-c4c(Cl)cccc4Cl)noc3C3CC3)CC2)cc1. The lowest BCUT2D eigenvalue weighted by molar-refractivity contribution is -0.139. The van der Waals surface area contributed by atoms with E-state index in [0.29, 0.717) is 22.4 Å². The molecule has 0 amide bonds. The zero-order valence-electron chi connectivity index (χ0n) is 19.8. The Balaban J connectivity index is 1.22. The van der Waals surface area contributed by atoms with Gasteiger partial charge in [-0.2, -0.15) is 0 Å². The van der Waals surface area contributed by atoms with Crippen LogP contribution in [0.5, 0.6) is 0 Å². The number of nitrogens with zero attached hydrogens (tertiary/aromatic N) is 3. The zero-order valence-corrected chi connectivity index (χ0v) is 21.3. The van der Waals surface area contributed by atoms with Crippen molar-refractivity contribution in [2.24, 2.45) is 0 Å². The van der Waals surface area contributed by atoms with Gasteiger partial charge in [-0.05, 0) is 49.1 Å². The molecule has 2 heterocycles. The van der Waals surface area contributed by atoms with Crippen molar-refractivity contribution < 1.29 is 14.1 Å². The van der Waals surface area contributed by atoms with Gasteiger partial charge in [-0.15, -0.1) is 0 Å². The van der Waals surface area contributed by atoms with Crippen LogP contribution in [-0.4, -0.2) is 55.9 Å². The van der Waals surface area contributed by atoms with Gasteiger partial charge in [0, 0.05) is 55.5 Å². The van der Waals surface area contributed by atoms with Crippen LogP contribution in [0, 0.1) is 0 Å². The normalized spacial score (nSPS) is 16.5. The van der Waals surface area contributed by atoms with Crippen molar-refractivity contribution in [1.82, 2.24) is 10.1 Å². The van der Waals surface area contributed by atoms with Gasteiger partial charge in [0.2, 0.25) is 0 Å². The van der Waals surface area contributed by atoms with Crippen LogP contribution in [0.25, 0.3) is 11.3 Å². The summed E-state index contributed by atoms with van der Waals surface area (Å²) in [5.74, 6) is 1.25. The van der Waals surface area contributed by atoms with Crippen LogP contribution < -0.4 is 4.90 Å². The minimum Gasteiger partial charge on any atom is -0.469 e. The van der Waals surface area contributed by atoms with Crippen LogP contribution in [-0.2, 0) is 22.4 Å². The number of carbonyl (C=O) groups is 1. The highest BCUT2D eigenvalue weighted by Crippen LogP contribution is 2.46. The lowest BCUT2D eigenvalue weighted by atomic mass is 10.0. The quantitative estimate of drug-likeness (QED) is 0.365. The maximum atomic E-state index is 11.5.